The highest BCUT2D eigenvalue weighted by molar-refractivity contribution is 9.10. The third kappa shape index (κ3) is 3.19. The van der Waals surface area contributed by atoms with Gasteiger partial charge in [-0.1, -0.05) is 20.8 Å². The van der Waals surface area contributed by atoms with Gasteiger partial charge in [0.25, 0.3) is 0 Å². The van der Waals surface area contributed by atoms with Crippen LogP contribution in [-0.4, -0.2) is 6.09 Å². The second-order valence-corrected chi connectivity index (χ2v) is 5.67. The molecule has 0 saturated carbocycles. The number of carbonyl (C=O) groups is 1. The smallest absolute Gasteiger partial charge is 0.404 e. The van der Waals surface area contributed by atoms with Gasteiger partial charge in [0, 0.05) is 5.56 Å². The number of carbonyl (C=O) groups excluding carboxylic acids is 1. The van der Waals surface area contributed by atoms with Crippen LogP contribution in [0.25, 0.3) is 0 Å². The van der Waals surface area contributed by atoms with Crippen LogP contribution in [0.15, 0.2) is 10.5 Å². The van der Waals surface area contributed by atoms with Crippen molar-refractivity contribution < 1.29 is 18.3 Å². The SMILES string of the molecule is CC(C)(C)c1c(COC(N)=O)cc(F)c(Br)c1F. The van der Waals surface area contributed by atoms with Crippen LogP contribution in [-0.2, 0) is 16.8 Å². The molecule has 6 heteroatoms. The third-order valence-electron chi connectivity index (χ3n) is 2.36. The standard InChI is InChI=1S/C12H14BrF2NO2/c1-12(2,3)8-6(5-18-11(16)17)4-7(14)9(13)10(8)15/h4H,5H2,1-3H3,(H2,16,17). The van der Waals surface area contributed by atoms with E-state index in [0.29, 0.717) is 0 Å². The molecule has 0 aliphatic heterocycles. The average Bonchev–Trinajstić information content (AvgIpc) is 2.20. The molecule has 0 aliphatic rings. The van der Waals surface area contributed by atoms with Crippen LogP contribution < -0.4 is 5.73 Å². The molecule has 0 aromatic heterocycles. The number of ether oxygens (including phenoxy) is 1. The normalized spacial score (nSPS) is 11.4. The Bertz CT molecular complexity index is 484. The Morgan fingerprint density at radius 1 is 1.44 bits per heavy atom. The Hall–Kier alpha value is -1.17. The number of rotatable bonds is 2. The molecule has 2 N–H and O–H groups in total. The molecule has 0 fully saturated rings. The predicted molar refractivity (Wildman–Crippen MR) is 67.1 cm³/mol. The molecule has 0 bridgehead atoms. The van der Waals surface area contributed by atoms with Crippen molar-refractivity contribution in [1.82, 2.24) is 0 Å². The van der Waals surface area contributed by atoms with Gasteiger partial charge in [0.2, 0.25) is 0 Å². The van der Waals surface area contributed by atoms with Gasteiger partial charge in [-0.05, 0) is 33.0 Å². The molecule has 0 saturated heterocycles. The minimum Gasteiger partial charge on any atom is -0.445 e. The molecule has 0 spiro atoms. The fourth-order valence-electron chi connectivity index (χ4n) is 1.72. The van der Waals surface area contributed by atoms with E-state index in [0.717, 1.165) is 6.07 Å². The molecular formula is C12H14BrF2NO2. The highest BCUT2D eigenvalue weighted by atomic mass is 79.9. The first-order valence-electron chi connectivity index (χ1n) is 5.23. The van der Waals surface area contributed by atoms with Crippen LogP contribution in [0.4, 0.5) is 13.6 Å². The Morgan fingerprint density at radius 2 is 2.00 bits per heavy atom. The number of hydrogen-bond acceptors (Lipinski definition) is 2. The van der Waals surface area contributed by atoms with Crippen molar-refractivity contribution in [2.45, 2.75) is 32.8 Å². The summed E-state index contributed by atoms with van der Waals surface area (Å²) in [5.41, 5.74) is 4.84. The fraction of sp³-hybridized carbons (Fsp3) is 0.417. The largest absolute Gasteiger partial charge is 0.445 e. The lowest BCUT2D eigenvalue weighted by Gasteiger charge is -2.24. The Morgan fingerprint density at radius 3 is 2.44 bits per heavy atom. The van der Waals surface area contributed by atoms with E-state index in [4.69, 9.17) is 5.73 Å². The Labute approximate surface area is 112 Å². The van der Waals surface area contributed by atoms with Crippen molar-refractivity contribution in [2.75, 3.05) is 0 Å². The van der Waals surface area contributed by atoms with Crippen LogP contribution in [0.3, 0.4) is 0 Å². The minimum absolute atomic E-state index is 0.227. The van der Waals surface area contributed by atoms with Crippen molar-refractivity contribution in [3.05, 3.63) is 33.3 Å². The second-order valence-electron chi connectivity index (χ2n) is 4.88. The molecule has 100 valence electrons. The highest BCUT2D eigenvalue weighted by Crippen LogP contribution is 2.34. The van der Waals surface area contributed by atoms with Crippen LogP contribution in [0.5, 0.6) is 0 Å². The summed E-state index contributed by atoms with van der Waals surface area (Å²) in [6.07, 6.45) is -0.987. The van der Waals surface area contributed by atoms with Crippen LogP contribution in [0.1, 0.15) is 31.9 Å². The molecule has 0 atom stereocenters. The maximum absolute atomic E-state index is 14.1. The molecule has 0 aliphatic carbocycles. The monoisotopic (exact) mass is 321 g/mol. The lowest BCUT2D eigenvalue weighted by Crippen LogP contribution is -2.20. The molecule has 1 rings (SSSR count). The van der Waals surface area contributed by atoms with Gasteiger partial charge >= 0.3 is 6.09 Å². The van der Waals surface area contributed by atoms with Crippen molar-refractivity contribution in [1.29, 1.82) is 0 Å². The summed E-state index contributed by atoms with van der Waals surface area (Å²) >= 11 is 2.85. The molecule has 1 aromatic rings. The van der Waals surface area contributed by atoms with Crippen LogP contribution >= 0.6 is 15.9 Å². The number of amides is 1. The summed E-state index contributed by atoms with van der Waals surface area (Å²) in [7, 11) is 0. The van der Waals surface area contributed by atoms with E-state index in [1.165, 1.54) is 0 Å². The summed E-state index contributed by atoms with van der Waals surface area (Å²) in [4.78, 5) is 10.6. The zero-order valence-corrected chi connectivity index (χ0v) is 11.9. The summed E-state index contributed by atoms with van der Waals surface area (Å²) in [5.74, 6) is -1.44. The minimum atomic E-state index is -0.987. The lowest BCUT2D eigenvalue weighted by atomic mass is 9.83. The van der Waals surface area contributed by atoms with Crippen molar-refractivity contribution in [2.24, 2.45) is 5.73 Å². The number of nitrogens with two attached hydrogens (primary N) is 1. The molecular weight excluding hydrogens is 308 g/mol. The van der Waals surface area contributed by atoms with Gasteiger partial charge in [0.05, 0.1) is 4.47 Å². The van der Waals surface area contributed by atoms with E-state index in [1.54, 1.807) is 20.8 Å². The summed E-state index contributed by atoms with van der Waals surface area (Å²) in [6, 6.07) is 1.14. The molecule has 3 nitrogen and oxygen atoms in total. The van der Waals surface area contributed by atoms with E-state index in [-0.39, 0.29) is 22.2 Å². The average molecular weight is 322 g/mol. The topological polar surface area (TPSA) is 52.3 Å². The van der Waals surface area contributed by atoms with Gasteiger partial charge in [0.1, 0.15) is 18.2 Å². The molecule has 1 aromatic carbocycles. The molecule has 18 heavy (non-hydrogen) atoms. The lowest BCUT2D eigenvalue weighted by molar-refractivity contribution is 0.149. The van der Waals surface area contributed by atoms with Crippen LogP contribution in [0.2, 0.25) is 0 Å². The third-order valence-corrected chi connectivity index (χ3v) is 3.09. The fourth-order valence-corrected chi connectivity index (χ4v) is 2.03. The first-order chi connectivity index (χ1) is 8.14. The quantitative estimate of drug-likeness (QED) is 0.846. The predicted octanol–water partition coefficient (Wildman–Crippen LogP) is 3.62. The van der Waals surface area contributed by atoms with E-state index in [2.05, 4.69) is 20.7 Å². The number of benzene rings is 1. The summed E-state index contributed by atoms with van der Waals surface area (Å²) in [5, 5.41) is 0. The summed E-state index contributed by atoms with van der Waals surface area (Å²) < 4.78 is 31.9. The number of halogens is 3. The molecule has 1 amide bonds. The Kier molecular flexibility index (Phi) is 4.32. The zero-order valence-electron chi connectivity index (χ0n) is 10.3. The van der Waals surface area contributed by atoms with E-state index in [9.17, 15) is 13.6 Å². The van der Waals surface area contributed by atoms with E-state index >= 15 is 0 Å². The van der Waals surface area contributed by atoms with Gasteiger partial charge in [-0.3, -0.25) is 0 Å². The molecule has 0 unspecified atom stereocenters. The number of primary amides is 1. The number of hydrogen-bond donors (Lipinski definition) is 1. The van der Waals surface area contributed by atoms with E-state index < -0.39 is 23.1 Å². The van der Waals surface area contributed by atoms with Gasteiger partial charge in [-0.15, -0.1) is 0 Å². The first kappa shape index (κ1) is 14.9. The highest BCUT2D eigenvalue weighted by Gasteiger charge is 2.26. The first-order valence-corrected chi connectivity index (χ1v) is 6.03. The molecule has 0 radical (unpaired) electrons. The zero-order chi connectivity index (χ0) is 14.1. The van der Waals surface area contributed by atoms with Gasteiger partial charge < -0.3 is 10.5 Å². The second kappa shape index (κ2) is 5.22. The van der Waals surface area contributed by atoms with E-state index in [1.807, 2.05) is 0 Å². The van der Waals surface area contributed by atoms with Crippen molar-refractivity contribution in [3.63, 3.8) is 0 Å². The van der Waals surface area contributed by atoms with Crippen molar-refractivity contribution >= 4 is 22.0 Å². The van der Waals surface area contributed by atoms with Crippen LogP contribution in [0, 0.1) is 11.6 Å². The maximum atomic E-state index is 14.1. The van der Waals surface area contributed by atoms with Gasteiger partial charge in [-0.25, -0.2) is 13.6 Å². The molecule has 0 heterocycles. The Balaban J connectivity index is 3.35. The van der Waals surface area contributed by atoms with Gasteiger partial charge in [0.15, 0.2) is 0 Å². The maximum Gasteiger partial charge on any atom is 0.404 e. The summed E-state index contributed by atoms with van der Waals surface area (Å²) in [6.45, 7) is 5.08. The van der Waals surface area contributed by atoms with Gasteiger partial charge in [-0.2, -0.15) is 0 Å². The van der Waals surface area contributed by atoms with Crippen molar-refractivity contribution in [3.8, 4) is 0 Å².